The molecule has 1 aromatic carbocycles. The van der Waals surface area contributed by atoms with Gasteiger partial charge in [-0.15, -0.1) is 0 Å². The number of nitrogens with two attached hydrogens (primary N) is 1. The lowest BCUT2D eigenvalue weighted by atomic mass is 10.2. The first-order valence-corrected chi connectivity index (χ1v) is 3.72. The molecule has 0 aromatic heterocycles. The molecule has 1 aromatic rings. The van der Waals surface area contributed by atoms with Gasteiger partial charge in [0.15, 0.2) is 0 Å². The van der Waals surface area contributed by atoms with Crippen LogP contribution in [0.1, 0.15) is 19.4 Å². The fourth-order valence-corrected chi connectivity index (χ4v) is 0.624. The fourth-order valence-electron chi connectivity index (χ4n) is 0.624. The summed E-state index contributed by atoms with van der Waals surface area (Å²) in [6.07, 6.45) is 0. The zero-order chi connectivity index (χ0) is 8.85. The number of hydrogen-bond acceptors (Lipinski definition) is 1. The topological polar surface area (TPSA) is 26.0 Å². The molecule has 0 fully saturated rings. The van der Waals surface area contributed by atoms with Crippen molar-refractivity contribution in [3.63, 3.8) is 0 Å². The standard InChI is InChI=1S/C7H8FN.C2H6/c1-5-6(8)3-2-4-7(5)9;1-2/h2-4H,9H2,1H3;1-2H3. The van der Waals surface area contributed by atoms with Crippen molar-refractivity contribution in [1.29, 1.82) is 0 Å². The first kappa shape index (κ1) is 9.95. The molecule has 62 valence electrons. The van der Waals surface area contributed by atoms with Gasteiger partial charge in [-0.3, -0.25) is 0 Å². The summed E-state index contributed by atoms with van der Waals surface area (Å²) in [7, 11) is 0. The second-order valence-corrected chi connectivity index (χ2v) is 1.95. The zero-order valence-corrected chi connectivity index (χ0v) is 7.19. The van der Waals surface area contributed by atoms with Crippen LogP contribution in [-0.4, -0.2) is 0 Å². The zero-order valence-electron chi connectivity index (χ0n) is 7.19. The van der Waals surface area contributed by atoms with Gasteiger partial charge < -0.3 is 5.73 Å². The predicted octanol–water partition coefficient (Wildman–Crippen LogP) is 2.74. The van der Waals surface area contributed by atoms with Crippen molar-refractivity contribution >= 4 is 5.69 Å². The molecule has 0 aliphatic heterocycles. The lowest BCUT2D eigenvalue weighted by Crippen LogP contribution is -1.90. The number of hydrogen-bond donors (Lipinski definition) is 1. The second kappa shape index (κ2) is 4.72. The quantitative estimate of drug-likeness (QED) is 0.573. The normalized spacial score (nSPS) is 8.36. The number of benzene rings is 1. The molecule has 0 atom stereocenters. The van der Waals surface area contributed by atoms with Crippen LogP contribution in [0.3, 0.4) is 0 Å². The smallest absolute Gasteiger partial charge is 0.128 e. The minimum atomic E-state index is -0.241. The Labute approximate surface area is 67.0 Å². The van der Waals surface area contributed by atoms with Crippen LogP contribution in [0.15, 0.2) is 18.2 Å². The summed E-state index contributed by atoms with van der Waals surface area (Å²) in [6.45, 7) is 5.66. The van der Waals surface area contributed by atoms with Crippen LogP contribution < -0.4 is 5.73 Å². The average molecular weight is 155 g/mol. The van der Waals surface area contributed by atoms with Gasteiger partial charge >= 0.3 is 0 Å². The van der Waals surface area contributed by atoms with Gasteiger partial charge in [0.25, 0.3) is 0 Å². The third-order valence-corrected chi connectivity index (χ3v) is 1.31. The SMILES string of the molecule is CC.Cc1c(N)cccc1F. The lowest BCUT2D eigenvalue weighted by Gasteiger charge is -1.97. The summed E-state index contributed by atoms with van der Waals surface area (Å²) in [5, 5.41) is 0. The average Bonchev–Trinajstić information content (AvgIpc) is 2.04. The van der Waals surface area contributed by atoms with Gasteiger partial charge in [-0.05, 0) is 19.1 Å². The molecule has 0 radical (unpaired) electrons. The summed E-state index contributed by atoms with van der Waals surface area (Å²) >= 11 is 0. The molecule has 1 nitrogen and oxygen atoms in total. The van der Waals surface area contributed by atoms with Crippen molar-refractivity contribution in [2.75, 3.05) is 5.73 Å². The number of anilines is 1. The Kier molecular flexibility index (Phi) is 4.27. The van der Waals surface area contributed by atoms with E-state index in [9.17, 15) is 4.39 Å². The molecule has 11 heavy (non-hydrogen) atoms. The summed E-state index contributed by atoms with van der Waals surface area (Å²) in [5.41, 5.74) is 6.42. The molecule has 0 aliphatic rings. The van der Waals surface area contributed by atoms with E-state index >= 15 is 0 Å². The van der Waals surface area contributed by atoms with Gasteiger partial charge in [-0.2, -0.15) is 0 Å². The predicted molar refractivity (Wildman–Crippen MR) is 46.9 cm³/mol. The van der Waals surface area contributed by atoms with Crippen LogP contribution in [0.25, 0.3) is 0 Å². The highest BCUT2D eigenvalue weighted by molar-refractivity contribution is 5.45. The molecule has 2 heteroatoms. The summed E-state index contributed by atoms with van der Waals surface area (Å²) in [6, 6.07) is 4.67. The Morgan fingerprint density at radius 1 is 1.27 bits per heavy atom. The third-order valence-electron chi connectivity index (χ3n) is 1.31. The van der Waals surface area contributed by atoms with Crippen LogP contribution in [0.2, 0.25) is 0 Å². The van der Waals surface area contributed by atoms with E-state index in [-0.39, 0.29) is 5.82 Å². The number of halogens is 1. The van der Waals surface area contributed by atoms with Crippen molar-refractivity contribution in [2.24, 2.45) is 0 Å². The molecule has 2 N–H and O–H groups in total. The monoisotopic (exact) mass is 155 g/mol. The molecule has 0 amide bonds. The Morgan fingerprint density at radius 3 is 2.18 bits per heavy atom. The maximum Gasteiger partial charge on any atom is 0.128 e. The minimum absolute atomic E-state index is 0.241. The van der Waals surface area contributed by atoms with Gasteiger partial charge in [0.05, 0.1) is 0 Å². The summed E-state index contributed by atoms with van der Waals surface area (Å²) < 4.78 is 12.5. The molecule has 0 bridgehead atoms. The van der Waals surface area contributed by atoms with E-state index in [1.54, 1.807) is 19.1 Å². The molecular formula is C9H14FN. The molecule has 0 saturated heterocycles. The molecule has 0 heterocycles. The highest BCUT2D eigenvalue weighted by Gasteiger charge is 1.96. The van der Waals surface area contributed by atoms with Gasteiger partial charge in [-0.25, -0.2) is 4.39 Å². The maximum absolute atomic E-state index is 12.5. The van der Waals surface area contributed by atoms with Gasteiger partial charge in [-0.1, -0.05) is 19.9 Å². The van der Waals surface area contributed by atoms with E-state index in [0.29, 0.717) is 11.3 Å². The van der Waals surface area contributed by atoms with Crippen LogP contribution >= 0.6 is 0 Å². The Morgan fingerprint density at radius 2 is 1.82 bits per heavy atom. The van der Waals surface area contributed by atoms with E-state index < -0.39 is 0 Å². The van der Waals surface area contributed by atoms with E-state index in [0.717, 1.165) is 0 Å². The summed E-state index contributed by atoms with van der Waals surface area (Å²) in [4.78, 5) is 0. The Bertz CT molecular complexity index is 201. The number of nitrogen functional groups attached to an aromatic ring is 1. The minimum Gasteiger partial charge on any atom is -0.398 e. The first-order valence-electron chi connectivity index (χ1n) is 3.72. The van der Waals surface area contributed by atoms with Crippen LogP contribution in [-0.2, 0) is 0 Å². The van der Waals surface area contributed by atoms with Crippen LogP contribution in [0.5, 0.6) is 0 Å². The van der Waals surface area contributed by atoms with Crippen molar-refractivity contribution in [3.05, 3.63) is 29.6 Å². The fraction of sp³-hybridized carbons (Fsp3) is 0.333. The van der Waals surface area contributed by atoms with E-state index in [1.807, 2.05) is 13.8 Å². The highest BCUT2D eigenvalue weighted by atomic mass is 19.1. The maximum atomic E-state index is 12.5. The molecule has 0 aliphatic carbocycles. The molecular weight excluding hydrogens is 141 g/mol. The Hall–Kier alpha value is -1.05. The van der Waals surface area contributed by atoms with Crippen molar-refractivity contribution in [1.82, 2.24) is 0 Å². The second-order valence-electron chi connectivity index (χ2n) is 1.95. The molecule has 0 saturated carbocycles. The van der Waals surface area contributed by atoms with Gasteiger partial charge in [0.1, 0.15) is 5.82 Å². The number of rotatable bonds is 0. The molecule has 1 rings (SSSR count). The van der Waals surface area contributed by atoms with E-state index in [4.69, 9.17) is 5.73 Å². The van der Waals surface area contributed by atoms with Crippen molar-refractivity contribution in [3.8, 4) is 0 Å². The van der Waals surface area contributed by atoms with Crippen molar-refractivity contribution < 1.29 is 4.39 Å². The molecule has 0 unspecified atom stereocenters. The van der Waals surface area contributed by atoms with E-state index in [1.165, 1.54) is 6.07 Å². The van der Waals surface area contributed by atoms with Crippen LogP contribution in [0, 0.1) is 12.7 Å². The van der Waals surface area contributed by atoms with Gasteiger partial charge in [0, 0.05) is 11.3 Å². The van der Waals surface area contributed by atoms with Crippen LogP contribution in [0.4, 0.5) is 10.1 Å². The third kappa shape index (κ3) is 2.58. The molecule has 0 spiro atoms. The van der Waals surface area contributed by atoms with Crippen molar-refractivity contribution in [2.45, 2.75) is 20.8 Å². The largest absolute Gasteiger partial charge is 0.398 e. The summed E-state index contributed by atoms with van der Waals surface area (Å²) in [5.74, 6) is -0.241. The van der Waals surface area contributed by atoms with Gasteiger partial charge in [0.2, 0.25) is 0 Å². The highest BCUT2D eigenvalue weighted by Crippen LogP contribution is 2.12. The van der Waals surface area contributed by atoms with E-state index in [2.05, 4.69) is 0 Å². The lowest BCUT2D eigenvalue weighted by molar-refractivity contribution is 0.619. The Balaban J connectivity index is 0.000000461. The first-order chi connectivity index (χ1) is 5.22.